The molecule has 0 atom stereocenters. The van der Waals surface area contributed by atoms with Crippen molar-refractivity contribution in [2.45, 2.75) is 26.2 Å². The second kappa shape index (κ2) is 7.45. The maximum absolute atomic E-state index is 10.6. The fourth-order valence-electron chi connectivity index (χ4n) is 2.80. The van der Waals surface area contributed by atoms with Crippen LogP contribution in [0, 0.1) is 6.92 Å². The van der Waals surface area contributed by atoms with Crippen LogP contribution in [0.25, 0.3) is 28.0 Å². The molecule has 2 N–H and O–H groups in total. The van der Waals surface area contributed by atoms with Gasteiger partial charge in [0.05, 0.1) is 11.9 Å². The van der Waals surface area contributed by atoms with Gasteiger partial charge in [-0.3, -0.25) is 9.89 Å². The Morgan fingerprint density at radius 1 is 1.07 bits per heavy atom. The zero-order valence-corrected chi connectivity index (χ0v) is 15.1. The number of anilines is 1. The minimum atomic E-state index is 0.532. The number of rotatable bonds is 4. The lowest BCUT2D eigenvalue weighted by atomic mass is 9.98. The predicted octanol–water partition coefficient (Wildman–Crippen LogP) is 4.44. The molecule has 3 heterocycles. The summed E-state index contributed by atoms with van der Waals surface area (Å²) in [5.74, 6) is 0.532. The van der Waals surface area contributed by atoms with Gasteiger partial charge in [-0.05, 0) is 47.9 Å². The molecule has 5 rings (SSSR count). The molecule has 3 aromatic heterocycles. The summed E-state index contributed by atoms with van der Waals surface area (Å²) < 4.78 is 1.91. The normalized spacial score (nSPS) is 12.3. The molecule has 0 unspecified atom stereocenters. The van der Waals surface area contributed by atoms with Gasteiger partial charge >= 0.3 is 0 Å². The highest BCUT2D eigenvalue weighted by molar-refractivity contribution is 5.75. The number of aromatic amines is 1. The van der Waals surface area contributed by atoms with E-state index in [-0.39, 0.29) is 0 Å². The van der Waals surface area contributed by atoms with E-state index in [1.54, 1.807) is 12.4 Å². The summed E-state index contributed by atoms with van der Waals surface area (Å²) in [4.78, 5) is 14.9. The molecule has 6 heteroatoms. The van der Waals surface area contributed by atoms with Crippen LogP contribution in [-0.4, -0.2) is 26.0 Å². The van der Waals surface area contributed by atoms with Crippen LogP contribution in [0.5, 0.6) is 0 Å². The Kier molecular flexibility index (Phi) is 4.70. The highest BCUT2D eigenvalue weighted by atomic mass is 16.1. The van der Waals surface area contributed by atoms with Gasteiger partial charge in [-0.25, -0.2) is 4.98 Å². The molecule has 4 aromatic rings. The van der Waals surface area contributed by atoms with Gasteiger partial charge in [0.2, 0.25) is 6.41 Å². The first-order chi connectivity index (χ1) is 13.2. The number of imidazole rings is 1. The van der Waals surface area contributed by atoms with Crippen molar-refractivity contribution in [2.24, 2.45) is 0 Å². The van der Waals surface area contributed by atoms with Gasteiger partial charge < -0.3 is 9.72 Å². The van der Waals surface area contributed by atoms with E-state index in [0.29, 0.717) is 12.2 Å². The number of benzene rings is 1. The number of pyridine rings is 1. The molecule has 1 aromatic carbocycles. The van der Waals surface area contributed by atoms with Crippen molar-refractivity contribution in [1.29, 1.82) is 0 Å². The lowest BCUT2D eigenvalue weighted by molar-refractivity contribution is -0.105. The number of fused-ring (bicyclic) bond motifs is 1. The van der Waals surface area contributed by atoms with Gasteiger partial charge in [0.15, 0.2) is 5.82 Å². The number of aromatic nitrogens is 4. The van der Waals surface area contributed by atoms with E-state index < -0.39 is 0 Å². The third-order valence-corrected chi connectivity index (χ3v) is 4.37. The minimum absolute atomic E-state index is 0.532. The molecule has 0 aliphatic heterocycles. The van der Waals surface area contributed by atoms with Gasteiger partial charge in [0, 0.05) is 18.0 Å². The van der Waals surface area contributed by atoms with E-state index in [4.69, 9.17) is 0 Å². The molecule has 0 bridgehead atoms. The van der Waals surface area contributed by atoms with Crippen molar-refractivity contribution in [3.05, 3.63) is 60.6 Å². The average Bonchev–Trinajstić information content (AvgIpc) is 3.35. The van der Waals surface area contributed by atoms with E-state index in [1.807, 2.05) is 28.8 Å². The van der Waals surface area contributed by atoms with Crippen molar-refractivity contribution in [1.82, 2.24) is 19.6 Å². The molecule has 6 nitrogen and oxygen atoms in total. The third-order valence-electron chi connectivity index (χ3n) is 4.37. The zero-order chi connectivity index (χ0) is 18.6. The molecule has 1 amide bonds. The van der Waals surface area contributed by atoms with E-state index >= 15 is 0 Å². The first-order valence-electron chi connectivity index (χ1n) is 9.04. The van der Waals surface area contributed by atoms with E-state index in [0.717, 1.165) is 28.0 Å². The van der Waals surface area contributed by atoms with Crippen LogP contribution in [0.4, 0.5) is 5.82 Å². The topological polar surface area (TPSA) is 75.1 Å². The van der Waals surface area contributed by atoms with Crippen molar-refractivity contribution in [3.63, 3.8) is 0 Å². The van der Waals surface area contributed by atoms with Crippen LogP contribution in [-0.2, 0) is 4.79 Å². The molecule has 27 heavy (non-hydrogen) atoms. The molecule has 1 fully saturated rings. The Labute approximate surface area is 157 Å². The molecule has 1 aliphatic rings. The summed E-state index contributed by atoms with van der Waals surface area (Å²) in [6.07, 6.45) is 10.7. The van der Waals surface area contributed by atoms with Gasteiger partial charge in [0.25, 0.3) is 0 Å². The summed E-state index contributed by atoms with van der Waals surface area (Å²) in [6, 6.07) is 12.2. The second-order valence-electron chi connectivity index (χ2n) is 6.63. The molecule has 0 radical (unpaired) electrons. The van der Waals surface area contributed by atoms with Gasteiger partial charge in [-0.2, -0.15) is 5.10 Å². The van der Waals surface area contributed by atoms with E-state index in [2.05, 4.69) is 45.6 Å². The van der Waals surface area contributed by atoms with Gasteiger partial charge in [-0.1, -0.05) is 31.4 Å². The van der Waals surface area contributed by atoms with Crippen molar-refractivity contribution >= 4 is 17.9 Å². The predicted molar refractivity (Wildman–Crippen MR) is 106 cm³/mol. The number of aryl methyl sites for hydroxylation is 1. The lowest BCUT2D eigenvalue weighted by Crippen LogP contribution is -1.92. The third kappa shape index (κ3) is 3.89. The number of nitrogens with one attached hydrogen (secondary N) is 2. The number of carbonyl (C=O) groups excluding carboxylic acids is 1. The largest absolute Gasteiger partial charge is 0.312 e. The molecule has 0 saturated heterocycles. The number of amides is 1. The first-order valence-corrected chi connectivity index (χ1v) is 9.04. The Morgan fingerprint density at radius 2 is 1.89 bits per heavy atom. The first kappa shape index (κ1) is 17.0. The van der Waals surface area contributed by atoms with Crippen LogP contribution in [0.15, 0.2) is 55.0 Å². The van der Waals surface area contributed by atoms with Crippen LogP contribution < -0.4 is 5.32 Å². The number of hydrogen-bond donors (Lipinski definition) is 2. The summed E-state index contributed by atoms with van der Waals surface area (Å²) >= 11 is 0. The Bertz CT molecular complexity index is 1060. The molecular weight excluding hydrogens is 338 g/mol. The number of carbonyl (C=O) groups is 1. The fraction of sp³-hybridized carbons (Fsp3) is 0.190. The second-order valence-corrected chi connectivity index (χ2v) is 6.63. The van der Waals surface area contributed by atoms with Gasteiger partial charge in [-0.15, -0.1) is 0 Å². The zero-order valence-electron chi connectivity index (χ0n) is 15.1. The Balaban J connectivity index is 0.000000547. The quantitative estimate of drug-likeness (QED) is 0.529. The molecule has 1 aliphatic carbocycles. The maximum Gasteiger partial charge on any atom is 0.212 e. The highest BCUT2D eigenvalue weighted by Crippen LogP contribution is 2.29. The van der Waals surface area contributed by atoms with Crippen molar-refractivity contribution < 1.29 is 4.79 Å². The van der Waals surface area contributed by atoms with Crippen molar-refractivity contribution in [3.8, 4) is 22.4 Å². The van der Waals surface area contributed by atoms with Crippen molar-refractivity contribution in [2.75, 3.05) is 5.32 Å². The molecule has 1 saturated carbocycles. The number of nitrogens with zero attached hydrogens (tertiary/aromatic N) is 3. The van der Waals surface area contributed by atoms with Crippen LogP contribution in [0.2, 0.25) is 0 Å². The summed E-state index contributed by atoms with van der Waals surface area (Å²) in [6.45, 7) is 2.09. The number of H-pyrrole nitrogens is 1. The molecule has 136 valence electrons. The Morgan fingerprint density at radius 3 is 2.59 bits per heavy atom. The highest BCUT2D eigenvalue weighted by Gasteiger charge is 2.08. The summed E-state index contributed by atoms with van der Waals surface area (Å²) in [5, 5.41) is 9.58. The summed E-state index contributed by atoms with van der Waals surface area (Å²) in [7, 11) is 0. The summed E-state index contributed by atoms with van der Waals surface area (Å²) in [5.41, 5.74) is 6.26. The minimum Gasteiger partial charge on any atom is -0.312 e. The average molecular weight is 359 g/mol. The van der Waals surface area contributed by atoms with Crippen LogP contribution >= 0.6 is 0 Å². The SMILES string of the molecule is C1CC1.Cc1ccc(-c2ccn[nH]2)cc1-c1ccc2nc(NC=O)cn2c1. The fourth-order valence-corrected chi connectivity index (χ4v) is 2.80. The molecule has 0 spiro atoms. The van der Waals surface area contributed by atoms with Crippen LogP contribution in [0.3, 0.4) is 0 Å². The van der Waals surface area contributed by atoms with E-state index in [9.17, 15) is 4.79 Å². The standard InChI is InChI=1S/C18H15N5O.C3H6/c1-12-2-3-13(16-6-7-20-22-16)8-15(12)14-4-5-18-21-17(19-11-24)10-23(18)9-14;1-2-3-1/h2-11H,1H3,(H,19,24)(H,20,22);1-3H2. The maximum atomic E-state index is 10.6. The molecular formula is C21H21N5O. The lowest BCUT2D eigenvalue weighted by Gasteiger charge is -2.09. The van der Waals surface area contributed by atoms with E-state index in [1.165, 1.54) is 24.8 Å². The van der Waals surface area contributed by atoms with Crippen LogP contribution in [0.1, 0.15) is 24.8 Å². The monoisotopic (exact) mass is 359 g/mol. The number of hydrogen-bond acceptors (Lipinski definition) is 3. The Hall–Kier alpha value is -3.41. The smallest absolute Gasteiger partial charge is 0.212 e. The van der Waals surface area contributed by atoms with Gasteiger partial charge in [0.1, 0.15) is 5.65 Å².